The van der Waals surface area contributed by atoms with Gasteiger partial charge in [0.25, 0.3) is 0 Å². The maximum atomic E-state index is 9.68. The van der Waals surface area contributed by atoms with Crippen molar-refractivity contribution in [3.05, 3.63) is 28.2 Å². The third-order valence-electron chi connectivity index (χ3n) is 2.77. The molecule has 0 saturated carbocycles. The van der Waals surface area contributed by atoms with E-state index in [0.29, 0.717) is 19.8 Å². The number of hydrogen-bond donors (Lipinski definition) is 2. The molecule has 1 unspecified atom stereocenters. The molecule has 5 nitrogen and oxygen atoms in total. The summed E-state index contributed by atoms with van der Waals surface area (Å²) in [6.07, 6.45) is -0.614. The van der Waals surface area contributed by atoms with E-state index in [2.05, 4.69) is 21.2 Å². The van der Waals surface area contributed by atoms with E-state index in [1.807, 2.05) is 25.1 Å². The Balaban J connectivity index is 2.44. The summed E-state index contributed by atoms with van der Waals surface area (Å²) in [5, 5.41) is 13.0. The standard InChI is InChI=1S/C15H24BrNO4/c1-3-20-10-13(18)11-21-14-4-5-15(16)12(8-14)9-17-6-7-19-2/h4-5,8,13,17-18H,3,6-7,9-11H2,1-2H3. The summed E-state index contributed by atoms with van der Waals surface area (Å²) in [5.74, 6) is 0.734. The van der Waals surface area contributed by atoms with Crippen molar-refractivity contribution in [2.24, 2.45) is 0 Å². The van der Waals surface area contributed by atoms with Crippen LogP contribution >= 0.6 is 15.9 Å². The average molecular weight is 362 g/mol. The topological polar surface area (TPSA) is 60.0 Å². The Labute approximate surface area is 134 Å². The van der Waals surface area contributed by atoms with Gasteiger partial charge in [0.2, 0.25) is 0 Å². The second-order valence-electron chi connectivity index (χ2n) is 4.55. The number of ether oxygens (including phenoxy) is 3. The molecule has 1 rings (SSSR count). The summed E-state index contributed by atoms with van der Waals surface area (Å²) in [6, 6.07) is 5.77. The van der Waals surface area contributed by atoms with Crippen molar-refractivity contribution in [2.45, 2.75) is 19.6 Å². The molecule has 1 aromatic rings. The van der Waals surface area contributed by atoms with Crippen LogP contribution in [-0.2, 0) is 16.0 Å². The van der Waals surface area contributed by atoms with Crippen molar-refractivity contribution in [1.82, 2.24) is 5.32 Å². The third kappa shape index (κ3) is 7.78. The number of methoxy groups -OCH3 is 1. The molecular formula is C15H24BrNO4. The smallest absolute Gasteiger partial charge is 0.119 e. The van der Waals surface area contributed by atoms with Crippen LogP contribution in [0.5, 0.6) is 5.75 Å². The van der Waals surface area contributed by atoms with Gasteiger partial charge in [-0.2, -0.15) is 0 Å². The monoisotopic (exact) mass is 361 g/mol. The highest BCUT2D eigenvalue weighted by Crippen LogP contribution is 2.22. The minimum Gasteiger partial charge on any atom is -0.491 e. The highest BCUT2D eigenvalue weighted by molar-refractivity contribution is 9.10. The minimum atomic E-state index is -0.614. The molecule has 6 heteroatoms. The predicted molar refractivity (Wildman–Crippen MR) is 85.7 cm³/mol. The zero-order valence-corrected chi connectivity index (χ0v) is 14.2. The molecule has 0 bridgehead atoms. The van der Waals surface area contributed by atoms with Crippen LogP contribution in [0.1, 0.15) is 12.5 Å². The maximum Gasteiger partial charge on any atom is 0.119 e. The van der Waals surface area contributed by atoms with Gasteiger partial charge in [-0.05, 0) is 30.7 Å². The van der Waals surface area contributed by atoms with E-state index in [-0.39, 0.29) is 6.61 Å². The van der Waals surface area contributed by atoms with E-state index in [0.717, 1.165) is 28.9 Å². The number of benzene rings is 1. The molecule has 0 spiro atoms. The Morgan fingerprint density at radius 1 is 1.33 bits per heavy atom. The molecule has 0 amide bonds. The normalized spacial score (nSPS) is 12.4. The van der Waals surface area contributed by atoms with Gasteiger partial charge in [0, 0.05) is 31.3 Å². The SMILES string of the molecule is CCOCC(O)COc1ccc(Br)c(CNCCOC)c1. The molecule has 1 aromatic carbocycles. The lowest BCUT2D eigenvalue weighted by Crippen LogP contribution is -2.23. The molecule has 0 heterocycles. The first-order valence-electron chi connectivity index (χ1n) is 7.04. The van der Waals surface area contributed by atoms with Gasteiger partial charge in [0.05, 0.1) is 13.2 Å². The molecule has 21 heavy (non-hydrogen) atoms. The first-order valence-corrected chi connectivity index (χ1v) is 7.83. The van der Waals surface area contributed by atoms with E-state index in [9.17, 15) is 5.11 Å². The highest BCUT2D eigenvalue weighted by Gasteiger charge is 2.07. The van der Waals surface area contributed by atoms with Gasteiger partial charge in [0.15, 0.2) is 0 Å². The molecule has 2 N–H and O–H groups in total. The number of halogens is 1. The Bertz CT molecular complexity index is 403. The minimum absolute atomic E-state index is 0.220. The molecule has 120 valence electrons. The molecule has 0 aliphatic rings. The Morgan fingerprint density at radius 2 is 2.14 bits per heavy atom. The summed E-state index contributed by atoms with van der Waals surface area (Å²) in [5.41, 5.74) is 1.10. The predicted octanol–water partition coefficient (Wildman–Crippen LogP) is 1.96. The lowest BCUT2D eigenvalue weighted by molar-refractivity contribution is 0.0164. The van der Waals surface area contributed by atoms with Crippen LogP contribution in [0.3, 0.4) is 0 Å². The van der Waals surface area contributed by atoms with Crippen LogP contribution in [-0.4, -0.2) is 51.3 Å². The van der Waals surface area contributed by atoms with Crippen molar-refractivity contribution in [2.75, 3.05) is 40.1 Å². The van der Waals surface area contributed by atoms with Crippen molar-refractivity contribution in [3.8, 4) is 5.75 Å². The van der Waals surface area contributed by atoms with Crippen LogP contribution in [0.25, 0.3) is 0 Å². The molecule has 0 radical (unpaired) electrons. The van der Waals surface area contributed by atoms with Crippen LogP contribution in [0.4, 0.5) is 0 Å². The number of aliphatic hydroxyl groups is 1. The molecule has 0 aliphatic heterocycles. The summed E-state index contributed by atoms with van der Waals surface area (Å²) in [6.45, 7) is 5.19. The van der Waals surface area contributed by atoms with E-state index in [4.69, 9.17) is 14.2 Å². The summed E-state index contributed by atoms with van der Waals surface area (Å²) >= 11 is 3.52. The second-order valence-corrected chi connectivity index (χ2v) is 5.40. The van der Waals surface area contributed by atoms with Gasteiger partial charge < -0.3 is 24.6 Å². The Morgan fingerprint density at radius 3 is 2.86 bits per heavy atom. The molecule has 0 saturated heterocycles. The fraction of sp³-hybridized carbons (Fsp3) is 0.600. The van der Waals surface area contributed by atoms with Gasteiger partial charge in [-0.3, -0.25) is 0 Å². The van der Waals surface area contributed by atoms with Gasteiger partial charge in [-0.25, -0.2) is 0 Å². The average Bonchev–Trinajstić information content (AvgIpc) is 2.49. The quantitative estimate of drug-likeness (QED) is 0.590. The van der Waals surface area contributed by atoms with E-state index in [1.165, 1.54) is 0 Å². The first-order chi connectivity index (χ1) is 10.2. The Hall–Kier alpha value is -0.660. The van der Waals surface area contributed by atoms with Gasteiger partial charge >= 0.3 is 0 Å². The first kappa shape index (κ1) is 18.4. The molecular weight excluding hydrogens is 338 g/mol. The fourth-order valence-corrected chi connectivity index (χ4v) is 2.05. The van der Waals surface area contributed by atoms with Crippen molar-refractivity contribution >= 4 is 15.9 Å². The van der Waals surface area contributed by atoms with Crippen LogP contribution in [0, 0.1) is 0 Å². The number of hydrogen-bond acceptors (Lipinski definition) is 5. The van der Waals surface area contributed by atoms with Crippen LogP contribution in [0.2, 0.25) is 0 Å². The Kier molecular flexibility index (Phi) is 9.62. The highest BCUT2D eigenvalue weighted by atomic mass is 79.9. The molecule has 0 fully saturated rings. The molecule has 0 aromatic heterocycles. The lowest BCUT2D eigenvalue weighted by atomic mass is 10.2. The number of rotatable bonds is 11. The maximum absolute atomic E-state index is 9.68. The van der Waals surface area contributed by atoms with Gasteiger partial charge in [0.1, 0.15) is 18.5 Å². The lowest BCUT2D eigenvalue weighted by Gasteiger charge is -2.14. The van der Waals surface area contributed by atoms with Gasteiger partial charge in [-0.15, -0.1) is 0 Å². The second kappa shape index (κ2) is 11.0. The zero-order valence-electron chi connectivity index (χ0n) is 12.6. The number of aliphatic hydroxyl groups excluding tert-OH is 1. The van der Waals surface area contributed by atoms with Crippen molar-refractivity contribution < 1.29 is 19.3 Å². The largest absolute Gasteiger partial charge is 0.491 e. The zero-order chi connectivity index (χ0) is 15.5. The summed E-state index contributed by atoms with van der Waals surface area (Å²) < 4.78 is 16.7. The summed E-state index contributed by atoms with van der Waals surface area (Å²) in [4.78, 5) is 0. The van der Waals surface area contributed by atoms with E-state index < -0.39 is 6.10 Å². The van der Waals surface area contributed by atoms with E-state index in [1.54, 1.807) is 7.11 Å². The third-order valence-corrected chi connectivity index (χ3v) is 3.55. The van der Waals surface area contributed by atoms with Crippen LogP contribution in [0.15, 0.2) is 22.7 Å². The molecule has 1 atom stereocenters. The van der Waals surface area contributed by atoms with Crippen molar-refractivity contribution in [3.63, 3.8) is 0 Å². The van der Waals surface area contributed by atoms with Crippen LogP contribution < -0.4 is 10.1 Å². The van der Waals surface area contributed by atoms with Crippen molar-refractivity contribution in [1.29, 1.82) is 0 Å². The fourth-order valence-electron chi connectivity index (χ4n) is 1.67. The van der Waals surface area contributed by atoms with Gasteiger partial charge in [-0.1, -0.05) is 15.9 Å². The summed E-state index contributed by atoms with van der Waals surface area (Å²) in [7, 11) is 1.68. The van der Waals surface area contributed by atoms with E-state index >= 15 is 0 Å². The molecule has 0 aliphatic carbocycles. The number of nitrogens with one attached hydrogen (secondary N) is 1.